The second-order valence-electron chi connectivity index (χ2n) is 8.18. The first kappa shape index (κ1) is 13.6. The van der Waals surface area contributed by atoms with Crippen LogP contribution in [0, 0.1) is 12.3 Å². The van der Waals surface area contributed by atoms with Crippen molar-refractivity contribution in [3.8, 4) is 0 Å². The maximum atomic E-state index is 3.92. The topological polar surface area (TPSA) is 0 Å². The molecule has 4 rings (SSSR count). The highest BCUT2D eigenvalue weighted by Gasteiger charge is 2.42. The van der Waals surface area contributed by atoms with Crippen molar-refractivity contribution in [3.05, 3.63) is 46.5 Å². The third kappa shape index (κ3) is 2.02. The van der Waals surface area contributed by atoms with Crippen molar-refractivity contribution in [1.29, 1.82) is 0 Å². The highest BCUT2D eigenvalue weighted by molar-refractivity contribution is 5.55. The van der Waals surface area contributed by atoms with E-state index in [0.717, 1.165) is 11.8 Å². The third-order valence-corrected chi connectivity index (χ3v) is 6.62. The van der Waals surface area contributed by atoms with Gasteiger partial charge in [-0.2, -0.15) is 0 Å². The lowest BCUT2D eigenvalue weighted by Crippen LogP contribution is -2.27. The molecule has 0 saturated heterocycles. The standard InChI is InChI=1S/C21H28/c1-4-5-9-21(3)10-8-15-11-14(2)19-16-6-7-17(12-16)20(19)18(15)13-21/h4,11,16-17H,1,5-10,12-13H2,2-3H3. The molecule has 3 aliphatic carbocycles. The molecule has 3 aliphatic rings. The van der Waals surface area contributed by atoms with E-state index in [-0.39, 0.29) is 0 Å². The summed E-state index contributed by atoms with van der Waals surface area (Å²) in [5, 5.41) is 0. The first-order chi connectivity index (χ1) is 10.1. The highest BCUT2D eigenvalue weighted by atomic mass is 14.5. The Labute approximate surface area is 129 Å². The summed E-state index contributed by atoms with van der Waals surface area (Å²) in [5.41, 5.74) is 9.18. The van der Waals surface area contributed by atoms with Crippen LogP contribution in [0.1, 0.15) is 85.1 Å². The van der Waals surface area contributed by atoms with E-state index in [1.807, 2.05) is 5.56 Å². The van der Waals surface area contributed by atoms with Gasteiger partial charge in [-0.25, -0.2) is 0 Å². The lowest BCUT2D eigenvalue weighted by Gasteiger charge is -2.38. The van der Waals surface area contributed by atoms with Gasteiger partial charge in [0.25, 0.3) is 0 Å². The number of aryl methyl sites for hydroxylation is 2. The van der Waals surface area contributed by atoms with Crippen LogP contribution in [0.15, 0.2) is 18.7 Å². The minimum absolute atomic E-state index is 0.506. The molecule has 21 heavy (non-hydrogen) atoms. The lowest BCUT2D eigenvalue weighted by atomic mass is 9.67. The number of fused-ring (bicyclic) bond motifs is 7. The summed E-state index contributed by atoms with van der Waals surface area (Å²) in [4.78, 5) is 0. The van der Waals surface area contributed by atoms with Gasteiger partial charge in [0.2, 0.25) is 0 Å². The molecule has 0 amide bonds. The van der Waals surface area contributed by atoms with Crippen molar-refractivity contribution >= 4 is 0 Å². The van der Waals surface area contributed by atoms with Gasteiger partial charge in [-0.15, -0.1) is 6.58 Å². The minimum atomic E-state index is 0.506. The van der Waals surface area contributed by atoms with E-state index < -0.39 is 0 Å². The highest BCUT2D eigenvalue weighted by Crippen LogP contribution is 2.57. The molecule has 0 aromatic heterocycles. The molecule has 1 aromatic rings. The van der Waals surface area contributed by atoms with Gasteiger partial charge in [0.1, 0.15) is 0 Å². The first-order valence-electron chi connectivity index (χ1n) is 8.87. The van der Waals surface area contributed by atoms with Gasteiger partial charge in [-0.05, 0) is 103 Å². The number of hydrogen-bond donors (Lipinski definition) is 0. The predicted molar refractivity (Wildman–Crippen MR) is 90.1 cm³/mol. The van der Waals surface area contributed by atoms with E-state index in [1.165, 1.54) is 51.4 Å². The smallest absolute Gasteiger partial charge is 0.0150 e. The lowest BCUT2D eigenvalue weighted by molar-refractivity contribution is 0.256. The van der Waals surface area contributed by atoms with Crippen LogP contribution in [0.2, 0.25) is 0 Å². The van der Waals surface area contributed by atoms with Gasteiger partial charge in [0.15, 0.2) is 0 Å². The van der Waals surface area contributed by atoms with E-state index >= 15 is 0 Å². The summed E-state index contributed by atoms with van der Waals surface area (Å²) in [5.74, 6) is 1.80. The van der Waals surface area contributed by atoms with Crippen LogP contribution in [-0.2, 0) is 12.8 Å². The fourth-order valence-corrected chi connectivity index (χ4v) is 5.54. The Morgan fingerprint density at radius 1 is 1.29 bits per heavy atom. The maximum Gasteiger partial charge on any atom is -0.0150 e. The molecule has 1 saturated carbocycles. The molecule has 0 N–H and O–H groups in total. The molecule has 3 unspecified atom stereocenters. The SMILES string of the molecule is C=CCCC1(C)CCc2cc(C)c3c(c2C1)C1CCC3C1. The molecule has 3 atom stereocenters. The van der Waals surface area contributed by atoms with Crippen LogP contribution in [-0.4, -0.2) is 0 Å². The number of allylic oxidation sites excluding steroid dienone is 1. The normalized spacial score (nSPS) is 32.9. The zero-order valence-electron chi connectivity index (χ0n) is 13.7. The van der Waals surface area contributed by atoms with E-state index in [9.17, 15) is 0 Å². The second kappa shape index (κ2) is 4.73. The van der Waals surface area contributed by atoms with Crippen molar-refractivity contribution in [1.82, 2.24) is 0 Å². The predicted octanol–water partition coefficient (Wildman–Crippen LogP) is 5.82. The summed E-state index contributed by atoms with van der Waals surface area (Å²) in [7, 11) is 0. The molecule has 0 heteroatoms. The van der Waals surface area contributed by atoms with Gasteiger partial charge in [0.05, 0.1) is 0 Å². The summed E-state index contributed by atoms with van der Waals surface area (Å²) in [6.45, 7) is 8.80. The summed E-state index contributed by atoms with van der Waals surface area (Å²) < 4.78 is 0. The Hall–Kier alpha value is -1.04. The van der Waals surface area contributed by atoms with Gasteiger partial charge >= 0.3 is 0 Å². The van der Waals surface area contributed by atoms with Crippen LogP contribution in [0.3, 0.4) is 0 Å². The Morgan fingerprint density at radius 3 is 2.81 bits per heavy atom. The molecule has 1 fully saturated rings. The molecule has 0 spiro atoms. The van der Waals surface area contributed by atoms with Crippen molar-refractivity contribution in [2.45, 2.75) is 77.0 Å². The summed E-state index contributed by atoms with van der Waals surface area (Å²) in [6.07, 6.45) is 12.9. The van der Waals surface area contributed by atoms with Gasteiger partial charge in [-0.3, -0.25) is 0 Å². The van der Waals surface area contributed by atoms with Crippen molar-refractivity contribution in [2.75, 3.05) is 0 Å². The zero-order chi connectivity index (χ0) is 14.6. The van der Waals surface area contributed by atoms with E-state index in [4.69, 9.17) is 0 Å². The van der Waals surface area contributed by atoms with Crippen molar-refractivity contribution in [2.24, 2.45) is 5.41 Å². The quantitative estimate of drug-likeness (QED) is 0.612. The minimum Gasteiger partial charge on any atom is -0.103 e. The third-order valence-electron chi connectivity index (χ3n) is 6.62. The molecule has 2 bridgehead atoms. The molecular formula is C21H28. The van der Waals surface area contributed by atoms with Crippen LogP contribution >= 0.6 is 0 Å². The second-order valence-corrected chi connectivity index (χ2v) is 8.18. The van der Waals surface area contributed by atoms with Gasteiger partial charge in [-0.1, -0.05) is 19.1 Å². The average Bonchev–Trinajstić information content (AvgIpc) is 3.08. The van der Waals surface area contributed by atoms with E-state index in [2.05, 4.69) is 32.6 Å². The largest absolute Gasteiger partial charge is 0.103 e. The van der Waals surface area contributed by atoms with E-state index in [0.29, 0.717) is 5.41 Å². The Bertz CT molecular complexity index is 595. The van der Waals surface area contributed by atoms with Gasteiger partial charge in [0, 0.05) is 0 Å². The Morgan fingerprint density at radius 2 is 2.05 bits per heavy atom. The van der Waals surface area contributed by atoms with E-state index in [1.54, 1.807) is 22.3 Å². The molecule has 0 nitrogen and oxygen atoms in total. The van der Waals surface area contributed by atoms with Crippen molar-refractivity contribution < 1.29 is 0 Å². The number of hydrogen-bond acceptors (Lipinski definition) is 0. The van der Waals surface area contributed by atoms with Crippen LogP contribution < -0.4 is 0 Å². The van der Waals surface area contributed by atoms with Crippen LogP contribution in [0.5, 0.6) is 0 Å². The molecule has 0 heterocycles. The molecule has 112 valence electrons. The summed E-state index contributed by atoms with van der Waals surface area (Å²) in [6, 6.07) is 2.54. The zero-order valence-corrected chi connectivity index (χ0v) is 13.7. The Kier molecular flexibility index (Phi) is 3.07. The summed E-state index contributed by atoms with van der Waals surface area (Å²) >= 11 is 0. The average molecular weight is 280 g/mol. The van der Waals surface area contributed by atoms with Crippen LogP contribution in [0.4, 0.5) is 0 Å². The monoisotopic (exact) mass is 280 g/mol. The fourth-order valence-electron chi connectivity index (χ4n) is 5.54. The van der Waals surface area contributed by atoms with Gasteiger partial charge < -0.3 is 0 Å². The molecule has 1 aromatic carbocycles. The molecule has 0 radical (unpaired) electrons. The Balaban J connectivity index is 1.76. The molecular weight excluding hydrogens is 252 g/mol. The maximum absolute atomic E-state index is 3.92. The fraction of sp³-hybridized carbons (Fsp3) is 0.619. The van der Waals surface area contributed by atoms with Crippen molar-refractivity contribution in [3.63, 3.8) is 0 Å². The van der Waals surface area contributed by atoms with Crippen LogP contribution in [0.25, 0.3) is 0 Å². The first-order valence-corrected chi connectivity index (χ1v) is 8.87. The molecule has 0 aliphatic heterocycles. The number of rotatable bonds is 3. The number of benzene rings is 1.